The predicted molar refractivity (Wildman–Crippen MR) is 90.7 cm³/mol. The van der Waals surface area contributed by atoms with Crippen molar-refractivity contribution in [1.82, 2.24) is 10.3 Å². The van der Waals surface area contributed by atoms with Gasteiger partial charge in [0.2, 0.25) is 0 Å². The van der Waals surface area contributed by atoms with E-state index in [9.17, 15) is 19.1 Å². The van der Waals surface area contributed by atoms with E-state index in [0.717, 1.165) is 5.39 Å². The minimum Gasteiger partial charge on any atom is -0.480 e. The maximum atomic E-state index is 13.0. The molecule has 126 valence electrons. The number of aromatic nitrogens is 1. The molecule has 1 amide bonds. The van der Waals surface area contributed by atoms with Gasteiger partial charge in [0.15, 0.2) is 0 Å². The summed E-state index contributed by atoms with van der Waals surface area (Å²) in [6.45, 7) is 0. The summed E-state index contributed by atoms with van der Waals surface area (Å²) in [5, 5.41) is 12.7. The summed E-state index contributed by atoms with van der Waals surface area (Å²) >= 11 is 0. The molecule has 0 spiro atoms. The molecule has 0 radical (unpaired) electrons. The lowest BCUT2D eigenvalue weighted by Crippen LogP contribution is -2.42. The Bertz CT molecular complexity index is 920. The molecule has 2 N–H and O–H groups in total. The first-order chi connectivity index (χ1) is 12.0. The van der Waals surface area contributed by atoms with Gasteiger partial charge in [-0.2, -0.15) is 0 Å². The fourth-order valence-electron chi connectivity index (χ4n) is 2.58. The molecule has 2 aromatic carbocycles. The van der Waals surface area contributed by atoms with E-state index in [2.05, 4.69) is 10.3 Å². The van der Waals surface area contributed by atoms with Gasteiger partial charge in [0, 0.05) is 18.0 Å². The minimum atomic E-state index is -1.16. The Morgan fingerprint density at radius 1 is 1.08 bits per heavy atom. The topological polar surface area (TPSA) is 79.3 Å². The molecule has 0 aliphatic carbocycles. The summed E-state index contributed by atoms with van der Waals surface area (Å²) in [6.07, 6.45) is 1.63. The van der Waals surface area contributed by atoms with Gasteiger partial charge >= 0.3 is 5.97 Å². The lowest BCUT2D eigenvalue weighted by atomic mass is 10.0. The summed E-state index contributed by atoms with van der Waals surface area (Å²) < 4.78 is 13.0. The SMILES string of the molecule is O=C(N[C@H](Cc1ccc(F)cc1)C(=O)O)c1cccc2cccnc12. The smallest absolute Gasteiger partial charge is 0.326 e. The Morgan fingerprint density at radius 3 is 2.52 bits per heavy atom. The number of fused-ring (bicyclic) bond motifs is 1. The molecule has 0 saturated heterocycles. The number of carboxylic acid groups (broad SMARTS) is 1. The molecule has 1 atom stereocenters. The maximum absolute atomic E-state index is 13.0. The van der Waals surface area contributed by atoms with E-state index in [-0.39, 0.29) is 6.42 Å². The van der Waals surface area contributed by atoms with Crippen LogP contribution in [0.2, 0.25) is 0 Å². The number of hydrogen-bond donors (Lipinski definition) is 2. The Kier molecular flexibility index (Phi) is 4.70. The van der Waals surface area contributed by atoms with Crippen LogP contribution < -0.4 is 5.32 Å². The normalized spacial score (nSPS) is 11.9. The monoisotopic (exact) mass is 338 g/mol. The van der Waals surface area contributed by atoms with E-state index in [1.54, 1.807) is 24.4 Å². The van der Waals surface area contributed by atoms with Crippen molar-refractivity contribution in [1.29, 1.82) is 0 Å². The number of amides is 1. The van der Waals surface area contributed by atoms with Gasteiger partial charge in [-0.25, -0.2) is 9.18 Å². The number of carbonyl (C=O) groups is 2. The van der Waals surface area contributed by atoms with Crippen molar-refractivity contribution < 1.29 is 19.1 Å². The molecular formula is C19H15FN2O3. The number of para-hydroxylation sites is 1. The lowest BCUT2D eigenvalue weighted by Gasteiger charge is -2.15. The van der Waals surface area contributed by atoms with Crippen molar-refractivity contribution in [2.75, 3.05) is 0 Å². The van der Waals surface area contributed by atoms with Crippen molar-refractivity contribution in [2.24, 2.45) is 0 Å². The molecule has 25 heavy (non-hydrogen) atoms. The Morgan fingerprint density at radius 2 is 1.80 bits per heavy atom. The highest BCUT2D eigenvalue weighted by Gasteiger charge is 2.22. The molecule has 0 aliphatic heterocycles. The Labute approximate surface area is 143 Å². The van der Waals surface area contributed by atoms with Crippen LogP contribution in [-0.4, -0.2) is 28.0 Å². The van der Waals surface area contributed by atoms with Crippen LogP contribution in [0.3, 0.4) is 0 Å². The number of halogens is 1. The van der Waals surface area contributed by atoms with Crippen LogP contribution >= 0.6 is 0 Å². The van der Waals surface area contributed by atoms with Gasteiger partial charge in [0.1, 0.15) is 11.9 Å². The van der Waals surface area contributed by atoms with Crippen LogP contribution in [0.1, 0.15) is 15.9 Å². The third-order valence-electron chi connectivity index (χ3n) is 3.83. The molecule has 3 rings (SSSR count). The van der Waals surface area contributed by atoms with Crippen LogP contribution in [0.4, 0.5) is 4.39 Å². The number of rotatable bonds is 5. The van der Waals surface area contributed by atoms with Gasteiger partial charge in [-0.1, -0.05) is 30.3 Å². The van der Waals surface area contributed by atoms with Gasteiger partial charge < -0.3 is 10.4 Å². The zero-order valence-electron chi connectivity index (χ0n) is 13.1. The number of carboxylic acids is 1. The number of nitrogens with zero attached hydrogens (tertiary/aromatic N) is 1. The van der Waals surface area contributed by atoms with E-state index in [1.165, 1.54) is 24.3 Å². The quantitative estimate of drug-likeness (QED) is 0.750. The first-order valence-corrected chi connectivity index (χ1v) is 7.66. The second-order valence-electron chi connectivity index (χ2n) is 5.58. The molecule has 1 heterocycles. The Balaban J connectivity index is 1.83. The molecule has 0 fully saturated rings. The van der Waals surface area contributed by atoms with E-state index in [0.29, 0.717) is 16.6 Å². The van der Waals surface area contributed by atoms with Crippen LogP contribution in [0, 0.1) is 5.82 Å². The zero-order chi connectivity index (χ0) is 17.8. The maximum Gasteiger partial charge on any atom is 0.326 e. The summed E-state index contributed by atoms with van der Waals surface area (Å²) in [4.78, 5) is 28.2. The summed E-state index contributed by atoms with van der Waals surface area (Å²) in [5.74, 6) is -2.08. The van der Waals surface area contributed by atoms with Crippen LogP contribution in [0.25, 0.3) is 10.9 Å². The van der Waals surface area contributed by atoms with Gasteiger partial charge in [0.25, 0.3) is 5.91 Å². The highest BCUT2D eigenvalue weighted by molar-refractivity contribution is 6.06. The van der Waals surface area contributed by atoms with Crippen molar-refractivity contribution in [3.8, 4) is 0 Å². The Hall–Kier alpha value is -3.28. The second-order valence-corrected chi connectivity index (χ2v) is 5.58. The number of benzene rings is 2. The van der Waals surface area contributed by atoms with E-state index < -0.39 is 23.7 Å². The number of carbonyl (C=O) groups excluding carboxylic acids is 1. The average Bonchev–Trinajstić information content (AvgIpc) is 2.62. The standard InChI is InChI=1S/C19H15FN2O3/c20-14-8-6-12(7-9-14)11-16(19(24)25)22-18(23)15-5-1-3-13-4-2-10-21-17(13)15/h1-10,16H,11H2,(H,22,23)(H,24,25)/t16-/m1/s1. The second kappa shape index (κ2) is 7.09. The number of aliphatic carboxylic acids is 1. The van der Waals surface area contributed by atoms with Crippen LogP contribution in [0.15, 0.2) is 60.8 Å². The van der Waals surface area contributed by atoms with Gasteiger partial charge in [-0.05, 0) is 29.8 Å². The molecule has 5 nitrogen and oxygen atoms in total. The summed E-state index contributed by atoms with van der Waals surface area (Å²) in [6, 6.07) is 13.1. The third kappa shape index (κ3) is 3.80. The predicted octanol–water partition coefficient (Wildman–Crippen LogP) is 2.80. The lowest BCUT2D eigenvalue weighted by molar-refractivity contribution is -0.139. The van der Waals surface area contributed by atoms with Gasteiger partial charge in [-0.3, -0.25) is 9.78 Å². The van der Waals surface area contributed by atoms with Crippen molar-refractivity contribution in [3.05, 3.63) is 77.7 Å². The highest BCUT2D eigenvalue weighted by atomic mass is 19.1. The molecule has 0 bridgehead atoms. The molecular weight excluding hydrogens is 323 g/mol. The molecule has 3 aromatic rings. The summed E-state index contributed by atoms with van der Waals surface area (Å²) in [5.41, 5.74) is 1.43. The van der Waals surface area contributed by atoms with Crippen molar-refractivity contribution >= 4 is 22.8 Å². The fourth-order valence-corrected chi connectivity index (χ4v) is 2.58. The molecule has 0 unspecified atom stereocenters. The molecule has 0 aliphatic rings. The minimum absolute atomic E-state index is 0.0551. The first-order valence-electron chi connectivity index (χ1n) is 7.66. The number of nitrogens with one attached hydrogen (secondary N) is 1. The van der Waals surface area contributed by atoms with Crippen LogP contribution in [-0.2, 0) is 11.2 Å². The first kappa shape index (κ1) is 16.6. The average molecular weight is 338 g/mol. The van der Waals surface area contributed by atoms with E-state index >= 15 is 0 Å². The van der Waals surface area contributed by atoms with Crippen LogP contribution in [0.5, 0.6) is 0 Å². The van der Waals surface area contributed by atoms with E-state index in [1.807, 2.05) is 12.1 Å². The molecule has 6 heteroatoms. The van der Waals surface area contributed by atoms with E-state index in [4.69, 9.17) is 0 Å². The van der Waals surface area contributed by atoms with Crippen molar-refractivity contribution in [2.45, 2.75) is 12.5 Å². The molecule has 0 saturated carbocycles. The zero-order valence-corrected chi connectivity index (χ0v) is 13.1. The van der Waals surface area contributed by atoms with Crippen molar-refractivity contribution in [3.63, 3.8) is 0 Å². The van der Waals surface area contributed by atoms with Gasteiger partial charge in [-0.15, -0.1) is 0 Å². The third-order valence-corrected chi connectivity index (χ3v) is 3.83. The fraction of sp³-hybridized carbons (Fsp3) is 0.105. The largest absolute Gasteiger partial charge is 0.480 e. The highest BCUT2D eigenvalue weighted by Crippen LogP contribution is 2.16. The number of hydrogen-bond acceptors (Lipinski definition) is 3. The van der Waals surface area contributed by atoms with Gasteiger partial charge in [0.05, 0.1) is 11.1 Å². The molecule has 1 aromatic heterocycles. The summed E-state index contributed by atoms with van der Waals surface area (Å²) in [7, 11) is 0. The number of pyridine rings is 1.